The van der Waals surface area contributed by atoms with E-state index < -0.39 is 28.4 Å². The number of non-ortho nitro benzene ring substituents is 1. The fraction of sp³-hybridized carbons (Fsp3) is 0.323. The number of hydrogen-bond donors (Lipinski definition) is 0. The summed E-state index contributed by atoms with van der Waals surface area (Å²) in [6, 6.07) is 10.9. The Morgan fingerprint density at radius 3 is 2.43 bits per heavy atom. The van der Waals surface area contributed by atoms with Crippen LogP contribution < -0.4 is 4.90 Å². The Hall–Kier alpha value is -5.07. The van der Waals surface area contributed by atoms with E-state index in [4.69, 9.17) is 4.63 Å². The highest BCUT2D eigenvalue weighted by atomic mass is 19.1. The molecule has 0 radical (unpaired) electrons. The number of nitro groups is 1. The molecule has 0 spiro atoms. The molecule has 0 atom stereocenters. The van der Waals surface area contributed by atoms with Crippen molar-refractivity contribution in [2.75, 3.05) is 11.4 Å². The molecule has 2 heterocycles. The number of unbranched alkanes of at least 4 members (excludes halogenated alkanes) is 4. The van der Waals surface area contributed by atoms with Gasteiger partial charge in [-0.05, 0) is 83.9 Å². The molecule has 1 aliphatic carbocycles. The number of carbonyl (C=O) groups excluding carboxylic acids is 3. The molecule has 6 rings (SSSR count). The molecule has 11 nitrogen and oxygen atoms in total. The molecule has 1 aromatic heterocycles. The maximum atomic E-state index is 14.3. The second-order valence-electron chi connectivity index (χ2n) is 11.0. The molecule has 1 aliphatic heterocycles. The number of halogens is 2. The van der Waals surface area contributed by atoms with E-state index in [2.05, 4.69) is 10.3 Å². The number of benzene rings is 3. The summed E-state index contributed by atoms with van der Waals surface area (Å²) >= 11 is 0. The van der Waals surface area contributed by atoms with E-state index in [0.717, 1.165) is 30.2 Å². The highest BCUT2D eigenvalue weighted by Gasteiger charge is 2.37. The quantitative estimate of drug-likeness (QED) is 0.0765. The predicted molar refractivity (Wildman–Crippen MR) is 153 cm³/mol. The van der Waals surface area contributed by atoms with Crippen LogP contribution in [0.1, 0.15) is 83.6 Å². The number of imide groups is 1. The number of aromatic nitrogens is 2. The number of nitrogens with zero attached hydrogens (tertiary/aromatic N) is 5. The summed E-state index contributed by atoms with van der Waals surface area (Å²) in [6.07, 6.45) is 4.98. The lowest BCUT2D eigenvalue weighted by atomic mass is 10.0. The first kappa shape index (κ1) is 29.0. The minimum atomic E-state index is -0.707. The Labute approximate surface area is 249 Å². The Morgan fingerprint density at radius 2 is 1.68 bits per heavy atom. The highest BCUT2D eigenvalue weighted by Crippen LogP contribution is 2.47. The van der Waals surface area contributed by atoms with Gasteiger partial charge in [0.25, 0.3) is 11.8 Å². The molecule has 0 unspecified atom stereocenters. The van der Waals surface area contributed by atoms with Crippen LogP contribution in [0.2, 0.25) is 0 Å². The number of anilines is 2. The predicted octanol–water partition coefficient (Wildman–Crippen LogP) is 6.59. The van der Waals surface area contributed by atoms with Gasteiger partial charge in [0.1, 0.15) is 11.6 Å². The van der Waals surface area contributed by atoms with Crippen molar-refractivity contribution in [3.8, 4) is 0 Å². The van der Waals surface area contributed by atoms with Crippen molar-refractivity contribution in [3.63, 3.8) is 0 Å². The summed E-state index contributed by atoms with van der Waals surface area (Å²) < 4.78 is 33.1. The maximum Gasteiger partial charge on any atom is 0.300 e. The van der Waals surface area contributed by atoms with Crippen LogP contribution in [-0.2, 0) is 4.79 Å². The molecule has 0 N–H and O–H groups in total. The number of carbonyl (C=O) groups is 3. The van der Waals surface area contributed by atoms with Gasteiger partial charge in [-0.3, -0.25) is 34.3 Å². The Bertz CT molecular complexity index is 1800. The first-order chi connectivity index (χ1) is 21.3. The fourth-order valence-electron chi connectivity index (χ4n) is 5.70. The van der Waals surface area contributed by atoms with Crippen LogP contribution in [-0.4, -0.2) is 44.4 Å². The Kier molecular flexibility index (Phi) is 7.85. The van der Waals surface area contributed by atoms with E-state index in [0.29, 0.717) is 36.9 Å². The molecule has 3 amide bonds. The Morgan fingerprint density at radius 1 is 0.955 bits per heavy atom. The van der Waals surface area contributed by atoms with Gasteiger partial charge in [0.2, 0.25) is 11.4 Å². The number of hydrogen-bond acceptors (Lipinski definition) is 8. The average molecular weight is 604 g/mol. The van der Waals surface area contributed by atoms with Gasteiger partial charge in [-0.2, -0.15) is 0 Å². The van der Waals surface area contributed by atoms with Gasteiger partial charge in [0.05, 0.1) is 27.4 Å². The minimum Gasteiger partial charge on any atom is -0.278 e. The average Bonchev–Trinajstić information content (AvgIpc) is 3.68. The number of amides is 3. The molecule has 4 aromatic rings. The summed E-state index contributed by atoms with van der Waals surface area (Å²) in [4.78, 5) is 52.3. The van der Waals surface area contributed by atoms with Crippen molar-refractivity contribution in [2.45, 2.75) is 57.3 Å². The first-order valence-corrected chi connectivity index (χ1v) is 14.4. The largest absolute Gasteiger partial charge is 0.300 e. The summed E-state index contributed by atoms with van der Waals surface area (Å²) in [6.45, 7) is 0.175. The van der Waals surface area contributed by atoms with E-state index in [-0.39, 0.29) is 58.3 Å². The molecule has 13 heteroatoms. The van der Waals surface area contributed by atoms with Crippen LogP contribution in [0.5, 0.6) is 0 Å². The van der Waals surface area contributed by atoms with E-state index in [1.165, 1.54) is 47.4 Å². The summed E-state index contributed by atoms with van der Waals surface area (Å²) in [5.74, 6) is -2.46. The van der Waals surface area contributed by atoms with Gasteiger partial charge < -0.3 is 0 Å². The van der Waals surface area contributed by atoms with E-state index in [1.54, 1.807) is 0 Å². The lowest BCUT2D eigenvalue weighted by Gasteiger charge is -2.26. The maximum absolute atomic E-state index is 14.3. The molecule has 2 aliphatic rings. The SMILES string of the molecule is O=C1c2cccc(F)c2C(=O)N1CCCCCCCC(=O)N(c1ccc(F)cc1C1CC1)c1ccc([N+](=O)[O-])c2nonc12. The lowest BCUT2D eigenvalue weighted by molar-refractivity contribution is -0.383. The second-order valence-corrected chi connectivity index (χ2v) is 11.0. The Balaban J connectivity index is 1.11. The zero-order chi connectivity index (χ0) is 31.0. The third-order valence-electron chi connectivity index (χ3n) is 8.03. The summed E-state index contributed by atoms with van der Waals surface area (Å²) in [5, 5.41) is 19.1. The number of rotatable bonds is 12. The standard InChI is InChI=1S/C31H27F2N5O6/c32-19-12-13-23(21(17-19)18-10-11-18)37(24-14-15-25(38(42)43)29-28(24)34-44-35-29)26(39)9-4-2-1-3-5-16-36-30(40)20-7-6-8-22(33)27(20)31(36)41/h6-8,12-15,17-18H,1-5,9-11,16H2. The van der Waals surface area contributed by atoms with Crippen molar-refractivity contribution in [2.24, 2.45) is 0 Å². The lowest BCUT2D eigenvalue weighted by Crippen LogP contribution is -2.30. The molecule has 0 bridgehead atoms. The minimum absolute atomic E-state index is 0.0478. The van der Waals surface area contributed by atoms with Crippen LogP contribution >= 0.6 is 0 Å². The van der Waals surface area contributed by atoms with Gasteiger partial charge in [-0.1, -0.05) is 25.3 Å². The third-order valence-corrected chi connectivity index (χ3v) is 8.03. The molecule has 0 saturated heterocycles. The first-order valence-electron chi connectivity index (χ1n) is 14.4. The third kappa shape index (κ3) is 5.40. The number of nitro benzene ring substituents is 1. The smallest absolute Gasteiger partial charge is 0.278 e. The molecule has 226 valence electrons. The van der Waals surface area contributed by atoms with E-state index in [1.807, 2.05) is 0 Å². The summed E-state index contributed by atoms with van der Waals surface area (Å²) in [7, 11) is 0. The van der Waals surface area contributed by atoms with Crippen molar-refractivity contribution < 1.29 is 32.7 Å². The fourth-order valence-corrected chi connectivity index (χ4v) is 5.70. The van der Waals surface area contributed by atoms with Crippen LogP contribution in [0.25, 0.3) is 11.0 Å². The molecule has 3 aromatic carbocycles. The van der Waals surface area contributed by atoms with Crippen LogP contribution in [0.4, 0.5) is 25.8 Å². The van der Waals surface area contributed by atoms with Gasteiger partial charge in [0, 0.05) is 19.0 Å². The van der Waals surface area contributed by atoms with Crippen molar-refractivity contribution >= 4 is 45.8 Å². The van der Waals surface area contributed by atoms with Crippen LogP contribution in [0, 0.1) is 21.7 Å². The molecular formula is C31H27F2N5O6. The molecule has 44 heavy (non-hydrogen) atoms. The monoisotopic (exact) mass is 603 g/mol. The zero-order valence-corrected chi connectivity index (χ0v) is 23.5. The molecule has 1 fully saturated rings. The van der Waals surface area contributed by atoms with E-state index >= 15 is 0 Å². The van der Waals surface area contributed by atoms with Gasteiger partial charge in [0.15, 0.2) is 5.52 Å². The zero-order valence-electron chi connectivity index (χ0n) is 23.5. The van der Waals surface area contributed by atoms with Crippen LogP contribution in [0.15, 0.2) is 53.2 Å². The van der Waals surface area contributed by atoms with E-state index in [9.17, 15) is 33.3 Å². The normalized spacial score (nSPS) is 14.4. The molecular weight excluding hydrogens is 576 g/mol. The van der Waals surface area contributed by atoms with Gasteiger partial charge >= 0.3 is 5.69 Å². The van der Waals surface area contributed by atoms with Gasteiger partial charge in [-0.25, -0.2) is 13.4 Å². The topological polar surface area (TPSA) is 140 Å². The van der Waals surface area contributed by atoms with Crippen LogP contribution in [0.3, 0.4) is 0 Å². The highest BCUT2D eigenvalue weighted by molar-refractivity contribution is 6.21. The van der Waals surface area contributed by atoms with Gasteiger partial charge in [-0.15, -0.1) is 0 Å². The molecule has 1 saturated carbocycles. The second kappa shape index (κ2) is 11.9. The van der Waals surface area contributed by atoms with Crippen molar-refractivity contribution in [1.82, 2.24) is 15.2 Å². The van der Waals surface area contributed by atoms with Crippen molar-refractivity contribution in [3.05, 3.63) is 87.0 Å². The van der Waals surface area contributed by atoms with Crippen molar-refractivity contribution in [1.29, 1.82) is 0 Å². The summed E-state index contributed by atoms with van der Waals surface area (Å²) in [5.41, 5.74) is 0.943. The number of fused-ring (bicyclic) bond motifs is 2.